The van der Waals surface area contributed by atoms with Crippen molar-refractivity contribution in [2.45, 2.75) is 13.2 Å². The van der Waals surface area contributed by atoms with E-state index in [1.54, 1.807) is 18.2 Å². The molecule has 3 rings (SSSR count). The molecule has 6 nitrogen and oxygen atoms in total. The van der Waals surface area contributed by atoms with Crippen LogP contribution in [0.3, 0.4) is 0 Å². The van der Waals surface area contributed by atoms with Crippen molar-refractivity contribution in [3.05, 3.63) is 52.0 Å². The van der Waals surface area contributed by atoms with Crippen molar-refractivity contribution in [1.82, 2.24) is 0 Å². The molecule has 24 heavy (non-hydrogen) atoms. The maximum atomic E-state index is 12.2. The SMILES string of the molecule is COc1ccc(O)c(C(=O)OCc2cc(Cl)cc3c2OCOC3)c1. The number of esters is 1. The van der Waals surface area contributed by atoms with Crippen molar-refractivity contribution in [3.63, 3.8) is 0 Å². The highest BCUT2D eigenvalue weighted by molar-refractivity contribution is 6.30. The zero-order chi connectivity index (χ0) is 17.1. The largest absolute Gasteiger partial charge is 0.507 e. The van der Waals surface area contributed by atoms with Crippen LogP contribution in [-0.4, -0.2) is 25.0 Å². The van der Waals surface area contributed by atoms with Crippen LogP contribution in [0.5, 0.6) is 17.2 Å². The maximum Gasteiger partial charge on any atom is 0.342 e. The van der Waals surface area contributed by atoms with Crippen LogP contribution < -0.4 is 9.47 Å². The molecule has 1 N–H and O–H groups in total. The predicted octanol–water partition coefficient (Wildman–Crippen LogP) is 3.28. The molecule has 0 saturated carbocycles. The minimum Gasteiger partial charge on any atom is -0.507 e. The zero-order valence-electron chi connectivity index (χ0n) is 12.9. The van der Waals surface area contributed by atoms with E-state index in [2.05, 4.69) is 0 Å². The van der Waals surface area contributed by atoms with Gasteiger partial charge in [0.05, 0.1) is 13.7 Å². The Kier molecular flexibility index (Phi) is 4.78. The minimum absolute atomic E-state index is 0.0227. The van der Waals surface area contributed by atoms with Gasteiger partial charge in [0.1, 0.15) is 29.4 Å². The number of hydrogen-bond acceptors (Lipinski definition) is 6. The Bertz CT molecular complexity index is 774. The van der Waals surface area contributed by atoms with E-state index in [0.29, 0.717) is 28.7 Å². The zero-order valence-corrected chi connectivity index (χ0v) is 13.6. The molecular formula is C17H15ClO6. The highest BCUT2D eigenvalue weighted by Gasteiger charge is 2.19. The van der Waals surface area contributed by atoms with Gasteiger partial charge in [-0.25, -0.2) is 4.79 Å². The number of fused-ring (bicyclic) bond motifs is 1. The number of carbonyl (C=O) groups is 1. The first-order valence-corrected chi connectivity index (χ1v) is 7.52. The molecule has 0 radical (unpaired) electrons. The van der Waals surface area contributed by atoms with Gasteiger partial charge in [0, 0.05) is 16.1 Å². The number of benzene rings is 2. The van der Waals surface area contributed by atoms with Crippen molar-refractivity contribution < 1.29 is 28.8 Å². The van der Waals surface area contributed by atoms with Crippen LogP contribution in [-0.2, 0) is 22.7 Å². The Morgan fingerprint density at radius 3 is 2.96 bits per heavy atom. The van der Waals surface area contributed by atoms with Crippen LogP contribution in [0.4, 0.5) is 0 Å². The summed E-state index contributed by atoms with van der Waals surface area (Å²) in [6.07, 6.45) is 0. The average Bonchev–Trinajstić information content (AvgIpc) is 2.59. The summed E-state index contributed by atoms with van der Waals surface area (Å²) in [5.41, 5.74) is 1.45. The Morgan fingerprint density at radius 1 is 1.33 bits per heavy atom. The second-order valence-corrected chi connectivity index (χ2v) is 5.56. The van der Waals surface area contributed by atoms with Crippen molar-refractivity contribution in [1.29, 1.82) is 0 Å². The highest BCUT2D eigenvalue weighted by Crippen LogP contribution is 2.32. The molecule has 0 atom stereocenters. The number of aromatic hydroxyl groups is 1. The molecule has 0 spiro atoms. The van der Waals surface area contributed by atoms with E-state index in [0.717, 1.165) is 5.56 Å². The van der Waals surface area contributed by atoms with Gasteiger partial charge in [0.25, 0.3) is 0 Å². The van der Waals surface area contributed by atoms with Gasteiger partial charge in [0.2, 0.25) is 0 Å². The summed E-state index contributed by atoms with van der Waals surface area (Å²) in [5.74, 6) is 0.194. The van der Waals surface area contributed by atoms with Gasteiger partial charge in [-0.15, -0.1) is 0 Å². The van der Waals surface area contributed by atoms with Gasteiger partial charge in [-0.1, -0.05) is 11.6 Å². The first kappa shape index (κ1) is 16.4. The first-order chi connectivity index (χ1) is 11.6. The third-order valence-corrected chi connectivity index (χ3v) is 3.75. The Balaban J connectivity index is 1.79. The Hall–Kier alpha value is -2.44. The third-order valence-electron chi connectivity index (χ3n) is 3.53. The normalized spacial score (nSPS) is 12.9. The standard InChI is InChI=1S/C17H15ClO6/c1-21-13-2-3-15(19)14(6-13)17(20)23-8-11-5-12(18)4-10-7-22-9-24-16(10)11/h2-6,19H,7-9H2,1H3. The highest BCUT2D eigenvalue weighted by atomic mass is 35.5. The number of phenolic OH excluding ortho intramolecular Hbond substituents is 1. The molecule has 1 aliphatic rings. The summed E-state index contributed by atoms with van der Waals surface area (Å²) in [6.45, 7) is 0.470. The van der Waals surface area contributed by atoms with E-state index >= 15 is 0 Å². The fraction of sp³-hybridized carbons (Fsp3) is 0.235. The number of halogens is 1. The number of ether oxygens (including phenoxy) is 4. The molecule has 126 valence electrons. The minimum atomic E-state index is -0.674. The van der Waals surface area contributed by atoms with Crippen molar-refractivity contribution in [3.8, 4) is 17.2 Å². The molecule has 1 heterocycles. The number of carbonyl (C=O) groups excluding carboxylic acids is 1. The molecular weight excluding hydrogens is 336 g/mol. The fourth-order valence-electron chi connectivity index (χ4n) is 2.39. The molecule has 2 aromatic rings. The van der Waals surface area contributed by atoms with Gasteiger partial charge in [0.15, 0.2) is 6.79 Å². The van der Waals surface area contributed by atoms with E-state index in [4.69, 9.17) is 30.5 Å². The van der Waals surface area contributed by atoms with E-state index < -0.39 is 5.97 Å². The number of methoxy groups -OCH3 is 1. The van der Waals surface area contributed by atoms with Gasteiger partial charge in [-0.3, -0.25) is 0 Å². The van der Waals surface area contributed by atoms with Crippen LogP contribution in [0.1, 0.15) is 21.5 Å². The summed E-state index contributed by atoms with van der Waals surface area (Å²) in [7, 11) is 1.47. The lowest BCUT2D eigenvalue weighted by atomic mass is 10.1. The second-order valence-electron chi connectivity index (χ2n) is 5.12. The summed E-state index contributed by atoms with van der Waals surface area (Å²) in [4.78, 5) is 12.2. The molecule has 0 fully saturated rings. The first-order valence-electron chi connectivity index (χ1n) is 7.14. The number of phenols is 1. The van der Waals surface area contributed by atoms with Crippen molar-refractivity contribution >= 4 is 17.6 Å². The van der Waals surface area contributed by atoms with Crippen LogP contribution >= 0.6 is 11.6 Å². The molecule has 2 aromatic carbocycles. The van der Waals surface area contributed by atoms with Gasteiger partial charge in [-0.2, -0.15) is 0 Å². The Morgan fingerprint density at radius 2 is 2.17 bits per heavy atom. The lowest BCUT2D eigenvalue weighted by Crippen LogP contribution is -2.14. The average molecular weight is 351 g/mol. The molecule has 0 bridgehead atoms. The monoisotopic (exact) mass is 350 g/mol. The van der Waals surface area contributed by atoms with Crippen molar-refractivity contribution in [2.75, 3.05) is 13.9 Å². The number of rotatable bonds is 4. The van der Waals surface area contributed by atoms with Crippen molar-refractivity contribution in [2.24, 2.45) is 0 Å². The predicted molar refractivity (Wildman–Crippen MR) is 85.5 cm³/mol. The molecule has 0 aromatic heterocycles. The summed E-state index contributed by atoms with van der Waals surface area (Å²) < 4.78 is 21.0. The molecule has 0 saturated heterocycles. The number of hydrogen-bond donors (Lipinski definition) is 1. The van der Waals surface area contributed by atoms with Crippen LogP contribution in [0.15, 0.2) is 30.3 Å². The lowest BCUT2D eigenvalue weighted by Gasteiger charge is -2.21. The maximum absolute atomic E-state index is 12.2. The molecule has 0 aliphatic carbocycles. The second kappa shape index (κ2) is 6.98. The summed E-state index contributed by atoms with van der Waals surface area (Å²) in [6, 6.07) is 7.75. The van der Waals surface area contributed by atoms with Crippen LogP contribution in [0.2, 0.25) is 5.02 Å². The van der Waals surface area contributed by atoms with Gasteiger partial charge < -0.3 is 24.1 Å². The molecule has 0 amide bonds. The summed E-state index contributed by atoms with van der Waals surface area (Å²) in [5, 5.41) is 10.3. The topological polar surface area (TPSA) is 74.2 Å². The van der Waals surface area contributed by atoms with Crippen LogP contribution in [0, 0.1) is 0 Å². The van der Waals surface area contributed by atoms with E-state index in [9.17, 15) is 9.90 Å². The van der Waals surface area contributed by atoms with E-state index in [1.807, 2.05) is 0 Å². The van der Waals surface area contributed by atoms with Gasteiger partial charge >= 0.3 is 5.97 Å². The molecule has 1 aliphatic heterocycles. The molecule has 0 unspecified atom stereocenters. The Labute approximate surface area is 143 Å². The quantitative estimate of drug-likeness (QED) is 0.853. The van der Waals surface area contributed by atoms with Crippen LogP contribution in [0.25, 0.3) is 0 Å². The van der Waals surface area contributed by atoms with E-state index in [-0.39, 0.29) is 24.7 Å². The third kappa shape index (κ3) is 3.39. The fourth-order valence-corrected chi connectivity index (χ4v) is 2.65. The van der Waals surface area contributed by atoms with Gasteiger partial charge in [-0.05, 0) is 30.3 Å². The lowest BCUT2D eigenvalue weighted by molar-refractivity contribution is -0.0180. The smallest absolute Gasteiger partial charge is 0.342 e. The van der Waals surface area contributed by atoms with E-state index in [1.165, 1.54) is 19.2 Å². The molecule has 7 heteroatoms. The summed E-state index contributed by atoms with van der Waals surface area (Å²) >= 11 is 6.07.